The van der Waals surface area contributed by atoms with Gasteiger partial charge in [-0.25, -0.2) is 0 Å². The molecule has 1 aliphatic heterocycles. The van der Waals surface area contributed by atoms with Crippen molar-refractivity contribution in [3.8, 4) is 0 Å². The van der Waals surface area contributed by atoms with E-state index in [0.717, 1.165) is 19.4 Å². The Kier molecular flexibility index (Phi) is 1.98. The van der Waals surface area contributed by atoms with E-state index in [1.807, 2.05) is 0 Å². The van der Waals surface area contributed by atoms with Gasteiger partial charge in [0.25, 0.3) is 11.7 Å². The summed E-state index contributed by atoms with van der Waals surface area (Å²) in [5.41, 5.74) is -0.0856. The summed E-state index contributed by atoms with van der Waals surface area (Å²) < 4.78 is 0. The fraction of sp³-hybridized carbons (Fsp3) is 0.750. The highest BCUT2D eigenvalue weighted by Crippen LogP contribution is 2.28. The molecule has 2 rings (SSSR count). The Labute approximate surface area is 81.7 Å². The van der Waals surface area contributed by atoms with Crippen LogP contribution in [0.2, 0.25) is 0 Å². The highest BCUT2D eigenvalue weighted by atomic mass is 16.2. The van der Waals surface area contributed by atoms with E-state index < -0.39 is 0 Å². The minimum absolute atomic E-state index is 0.0856. The van der Waals surface area contributed by atoms with Gasteiger partial charge in [-0.15, -0.1) is 10.2 Å². The monoisotopic (exact) mass is 195 g/mol. The Morgan fingerprint density at radius 3 is 2.86 bits per heavy atom. The van der Waals surface area contributed by atoms with Crippen LogP contribution >= 0.6 is 0 Å². The van der Waals surface area contributed by atoms with Gasteiger partial charge < -0.3 is 4.90 Å². The number of amides is 1. The Morgan fingerprint density at radius 1 is 1.57 bits per heavy atom. The lowest BCUT2D eigenvalue weighted by Gasteiger charge is -2.30. The molecule has 14 heavy (non-hydrogen) atoms. The van der Waals surface area contributed by atoms with Gasteiger partial charge in [0.15, 0.2) is 0 Å². The van der Waals surface area contributed by atoms with Gasteiger partial charge in [-0.05, 0) is 31.9 Å². The van der Waals surface area contributed by atoms with Crippen LogP contribution in [-0.4, -0.2) is 43.5 Å². The second-order valence-electron chi connectivity index (χ2n) is 4.11. The second-order valence-corrected chi connectivity index (χ2v) is 4.11. The summed E-state index contributed by atoms with van der Waals surface area (Å²) in [5, 5.41) is 13.0. The lowest BCUT2D eigenvalue weighted by molar-refractivity contribution is 0.0639. The topological polar surface area (TPSA) is 74.8 Å². The predicted octanol–water partition coefficient (Wildman–Crippen LogP) is 0.214. The van der Waals surface area contributed by atoms with E-state index in [4.69, 9.17) is 0 Å². The summed E-state index contributed by atoms with van der Waals surface area (Å²) in [7, 11) is 0. The number of carbonyl (C=O) groups is 1. The number of nitrogens with one attached hydrogen (secondary N) is 1. The Morgan fingerprint density at radius 2 is 2.36 bits per heavy atom. The number of rotatable bonds is 1. The molecular formula is C8H13N5O. The first-order valence-electron chi connectivity index (χ1n) is 4.67. The van der Waals surface area contributed by atoms with E-state index in [9.17, 15) is 4.79 Å². The standard InChI is InChI=1S/C8H13N5O/c1-8(2)4-3-5-13(8)7(14)6-9-11-12-10-6/h3-5H2,1-2H3,(H,9,10,11,12). The molecule has 2 heterocycles. The molecule has 1 aromatic rings. The first-order valence-corrected chi connectivity index (χ1v) is 4.67. The number of likely N-dealkylation sites (tertiary alicyclic amines) is 1. The van der Waals surface area contributed by atoms with Gasteiger partial charge in [-0.2, -0.15) is 5.21 Å². The molecule has 1 fully saturated rings. The SMILES string of the molecule is CC1(C)CCCN1C(=O)c1nn[nH]n1. The molecule has 0 aliphatic carbocycles. The van der Waals surface area contributed by atoms with Crippen molar-refractivity contribution < 1.29 is 4.79 Å². The minimum Gasteiger partial charge on any atom is -0.331 e. The van der Waals surface area contributed by atoms with Crippen LogP contribution in [0.15, 0.2) is 0 Å². The molecule has 1 N–H and O–H groups in total. The molecule has 76 valence electrons. The number of hydrogen-bond acceptors (Lipinski definition) is 4. The van der Waals surface area contributed by atoms with Crippen molar-refractivity contribution in [1.82, 2.24) is 25.5 Å². The highest BCUT2D eigenvalue weighted by molar-refractivity contribution is 5.90. The van der Waals surface area contributed by atoms with Crippen molar-refractivity contribution >= 4 is 5.91 Å². The maximum Gasteiger partial charge on any atom is 0.295 e. The van der Waals surface area contributed by atoms with E-state index in [-0.39, 0.29) is 17.3 Å². The molecule has 6 nitrogen and oxygen atoms in total. The third kappa shape index (κ3) is 1.36. The predicted molar refractivity (Wildman–Crippen MR) is 48.5 cm³/mol. The van der Waals surface area contributed by atoms with Gasteiger partial charge in [0.05, 0.1) is 0 Å². The van der Waals surface area contributed by atoms with Crippen LogP contribution < -0.4 is 0 Å². The van der Waals surface area contributed by atoms with Crippen LogP contribution in [0.3, 0.4) is 0 Å². The fourth-order valence-corrected chi connectivity index (χ4v) is 1.86. The van der Waals surface area contributed by atoms with Crippen LogP contribution in [-0.2, 0) is 0 Å². The number of nitrogens with zero attached hydrogens (tertiary/aromatic N) is 4. The zero-order valence-electron chi connectivity index (χ0n) is 8.32. The largest absolute Gasteiger partial charge is 0.331 e. The fourth-order valence-electron chi connectivity index (χ4n) is 1.86. The van der Waals surface area contributed by atoms with Crippen LogP contribution in [0, 0.1) is 0 Å². The van der Waals surface area contributed by atoms with Crippen molar-refractivity contribution in [2.75, 3.05) is 6.54 Å². The van der Waals surface area contributed by atoms with Gasteiger partial charge in [-0.3, -0.25) is 4.79 Å². The number of hydrogen-bond donors (Lipinski definition) is 1. The first-order chi connectivity index (χ1) is 6.61. The molecule has 0 saturated carbocycles. The van der Waals surface area contributed by atoms with E-state index in [0.29, 0.717) is 0 Å². The van der Waals surface area contributed by atoms with Crippen molar-refractivity contribution in [2.24, 2.45) is 0 Å². The van der Waals surface area contributed by atoms with Gasteiger partial charge in [0.1, 0.15) is 0 Å². The Bertz CT molecular complexity index is 332. The van der Waals surface area contributed by atoms with E-state index in [2.05, 4.69) is 34.5 Å². The summed E-state index contributed by atoms with van der Waals surface area (Å²) in [6, 6.07) is 0. The first kappa shape index (κ1) is 9.11. The lowest BCUT2D eigenvalue weighted by Crippen LogP contribution is -2.43. The Balaban J connectivity index is 2.20. The van der Waals surface area contributed by atoms with Gasteiger partial charge in [-0.1, -0.05) is 0 Å². The summed E-state index contributed by atoms with van der Waals surface area (Å²) in [6.07, 6.45) is 2.06. The summed E-state index contributed by atoms with van der Waals surface area (Å²) in [5.74, 6) is 0.0150. The number of tetrazole rings is 1. The Hall–Kier alpha value is -1.46. The molecule has 1 aromatic heterocycles. The molecule has 1 amide bonds. The van der Waals surface area contributed by atoms with Crippen molar-refractivity contribution in [1.29, 1.82) is 0 Å². The third-order valence-electron chi connectivity index (χ3n) is 2.68. The zero-order valence-corrected chi connectivity index (χ0v) is 8.32. The average molecular weight is 195 g/mol. The van der Waals surface area contributed by atoms with Crippen molar-refractivity contribution in [2.45, 2.75) is 32.2 Å². The molecule has 0 spiro atoms. The van der Waals surface area contributed by atoms with E-state index in [1.54, 1.807) is 4.90 Å². The second kappa shape index (κ2) is 3.04. The maximum absolute atomic E-state index is 11.9. The molecule has 1 aliphatic rings. The molecule has 0 aromatic carbocycles. The molecule has 0 radical (unpaired) electrons. The molecule has 0 atom stereocenters. The van der Waals surface area contributed by atoms with Crippen LogP contribution in [0.4, 0.5) is 0 Å². The minimum atomic E-state index is -0.138. The lowest BCUT2D eigenvalue weighted by atomic mass is 10.0. The molecule has 6 heteroatoms. The number of aromatic nitrogens is 4. The van der Waals surface area contributed by atoms with Gasteiger partial charge >= 0.3 is 0 Å². The van der Waals surface area contributed by atoms with Crippen molar-refractivity contribution in [3.05, 3.63) is 5.82 Å². The molecule has 1 saturated heterocycles. The van der Waals surface area contributed by atoms with Crippen LogP contribution in [0.25, 0.3) is 0 Å². The number of H-pyrrole nitrogens is 1. The van der Waals surface area contributed by atoms with Gasteiger partial charge in [0, 0.05) is 12.1 Å². The van der Waals surface area contributed by atoms with E-state index >= 15 is 0 Å². The summed E-state index contributed by atoms with van der Waals surface area (Å²) in [4.78, 5) is 13.7. The third-order valence-corrected chi connectivity index (χ3v) is 2.68. The highest BCUT2D eigenvalue weighted by Gasteiger charge is 2.37. The normalized spacial score (nSPS) is 20.0. The number of carbonyl (C=O) groups excluding carboxylic acids is 1. The maximum atomic E-state index is 11.9. The quantitative estimate of drug-likeness (QED) is 0.695. The average Bonchev–Trinajstić information content (AvgIpc) is 2.71. The smallest absolute Gasteiger partial charge is 0.295 e. The number of aromatic amines is 1. The van der Waals surface area contributed by atoms with Crippen LogP contribution in [0.1, 0.15) is 37.3 Å². The molecule has 0 bridgehead atoms. The molecule has 0 unspecified atom stereocenters. The zero-order chi connectivity index (χ0) is 10.2. The summed E-state index contributed by atoms with van der Waals surface area (Å²) >= 11 is 0. The van der Waals surface area contributed by atoms with Crippen molar-refractivity contribution in [3.63, 3.8) is 0 Å². The van der Waals surface area contributed by atoms with E-state index in [1.165, 1.54) is 0 Å². The molecular weight excluding hydrogens is 182 g/mol. The summed E-state index contributed by atoms with van der Waals surface area (Å²) in [6.45, 7) is 4.89. The van der Waals surface area contributed by atoms with Gasteiger partial charge in [0.2, 0.25) is 0 Å². The van der Waals surface area contributed by atoms with Crippen LogP contribution in [0.5, 0.6) is 0 Å².